The number of amides is 1. The summed E-state index contributed by atoms with van der Waals surface area (Å²) in [5.74, 6) is -2.16. The molecule has 0 aliphatic rings. The number of hydrogen-bond acceptors (Lipinski definition) is 2. The van der Waals surface area contributed by atoms with Gasteiger partial charge < -0.3 is 10.4 Å². The molecule has 0 aliphatic carbocycles. The molecule has 0 spiro atoms. The molecule has 2 rings (SSSR count). The lowest BCUT2D eigenvalue weighted by Crippen LogP contribution is -2.30. The molecule has 0 heterocycles. The quantitative estimate of drug-likeness (QED) is 0.849. The van der Waals surface area contributed by atoms with Crippen molar-refractivity contribution in [2.75, 3.05) is 6.54 Å². The number of aliphatic hydroxyl groups excluding tert-OH is 1. The van der Waals surface area contributed by atoms with Crippen LogP contribution in [-0.2, 0) is 0 Å². The van der Waals surface area contributed by atoms with Gasteiger partial charge in [0.05, 0.1) is 11.7 Å². The summed E-state index contributed by atoms with van der Waals surface area (Å²) < 4.78 is 27.4. The maximum absolute atomic E-state index is 13.9. The van der Waals surface area contributed by atoms with Gasteiger partial charge in [0.15, 0.2) is 0 Å². The molecule has 2 N–H and O–H groups in total. The molecule has 0 saturated carbocycles. The zero-order valence-electron chi connectivity index (χ0n) is 13.7. The van der Waals surface area contributed by atoms with Gasteiger partial charge in [-0.25, -0.2) is 8.78 Å². The van der Waals surface area contributed by atoms with Gasteiger partial charge in [0.1, 0.15) is 11.6 Å². The lowest BCUT2D eigenvalue weighted by atomic mass is 9.93. The van der Waals surface area contributed by atoms with Crippen LogP contribution in [0.1, 0.15) is 40.7 Å². The van der Waals surface area contributed by atoms with Gasteiger partial charge in [-0.15, -0.1) is 0 Å². The van der Waals surface area contributed by atoms with E-state index in [1.54, 1.807) is 6.92 Å². The molecule has 3 nitrogen and oxygen atoms in total. The van der Waals surface area contributed by atoms with Crippen LogP contribution in [-0.4, -0.2) is 23.7 Å². The molecular weight excluding hydrogens is 312 g/mol. The zero-order chi connectivity index (χ0) is 17.7. The van der Waals surface area contributed by atoms with Crippen LogP contribution in [0.3, 0.4) is 0 Å². The highest BCUT2D eigenvalue weighted by atomic mass is 19.1. The van der Waals surface area contributed by atoms with Crippen LogP contribution in [0.4, 0.5) is 8.78 Å². The summed E-state index contributed by atoms with van der Waals surface area (Å²) in [4.78, 5) is 12.2. The highest BCUT2D eigenvalue weighted by Crippen LogP contribution is 2.21. The molecule has 2 unspecified atom stereocenters. The van der Waals surface area contributed by atoms with E-state index >= 15 is 0 Å². The van der Waals surface area contributed by atoms with Crippen molar-refractivity contribution in [1.82, 2.24) is 5.32 Å². The Hall–Kier alpha value is -2.27. The molecule has 2 atom stereocenters. The van der Waals surface area contributed by atoms with Crippen molar-refractivity contribution in [3.8, 4) is 0 Å². The first kappa shape index (κ1) is 18.1. The van der Waals surface area contributed by atoms with Crippen molar-refractivity contribution >= 4 is 5.91 Å². The Morgan fingerprint density at radius 2 is 1.83 bits per heavy atom. The molecule has 0 bridgehead atoms. The Morgan fingerprint density at radius 3 is 2.46 bits per heavy atom. The monoisotopic (exact) mass is 333 g/mol. The van der Waals surface area contributed by atoms with Crippen LogP contribution >= 0.6 is 0 Å². The molecule has 1 amide bonds. The van der Waals surface area contributed by atoms with E-state index < -0.39 is 23.6 Å². The highest BCUT2D eigenvalue weighted by molar-refractivity contribution is 5.94. The van der Waals surface area contributed by atoms with Crippen molar-refractivity contribution in [2.24, 2.45) is 0 Å². The van der Waals surface area contributed by atoms with Crippen LogP contribution in [0.2, 0.25) is 0 Å². The Kier molecular flexibility index (Phi) is 6.04. The van der Waals surface area contributed by atoms with E-state index in [1.807, 2.05) is 30.3 Å². The van der Waals surface area contributed by atoms with Crippen LogP contribution in [0.25, 0.3) is 0 Å². The smallest absolute Gasteiger partial charge is 0.254 e. The third-order valence-corrected chi connectivity index (χ3v) is 3.90. The summed E-state index contributed by atoms with van der Waals surface area (Å²) in [6, 6.07) is 11.4. The summed E-state index contributed by atoms with van der Waals surface area (Å²) in [6.45, 7) is 3.34. The number of rotatable bonds is 6. The van der Waals surface area contributed by atoms with Gasteiger partial charge in [0, 0.05) is 12.5 Å². The maximum Gasteiger partial charge on any atom is 0.254 e. The molecule has 5 heteroatoms. The molecule has 24 heavy (non-hydrogen) atoms. The predicted octanol–water partition coefficient (Wildman–Crippen LogP) is 3.56. The summed E-state index contributed by atoms with van der Waals surface area (Å²) in [5.41, 5.74) is 0.802. The van der Waals surface area contributed by atoms with Gasteiger partial charge >= 0.3 is 0 Å². The molecule has 0 radical (unpaired) electrons. The Labute approximate surface area is 140 Å². The predicted molar refractivity (Wildman–Crippen MR) is 88.9 cm³/mol. The molecular formula is C19H21F2NO2. The molecule has 0 saturated heterocycles. The first-order valence-corrected chi connectivity index (χ1v) is 7.85. The highest BCUT2D eigenvalue weighted by Gasteiger charge is 2.18. The van der Waals surface area contributed by atoms with Gasteiger partial charge in [-0.1, -0.05) is 30.3 Å². The second-order valence-electron chi connectivity index (χ2n) is 5.98. The number of nitrogens with one attached hydrogen (secondary N) is 1. The maximum atomic E-state index is 13.9. The lowest BCUT2D eigenvalue weighted by Gasteiger charge is -2.20. The third-order valence-electron chi connectivity index (χ3n) is 3.90. The van der Waals surface area contributed by atoms with Crippen LogP contribution in [0, 0.1) is 18.6 Å². The first-order valence-electron chi connectivity index (χ1n) is 7.85. The van der Waals surface area contributed by atoms with Crippen molar-refractivity contribution < 1.29 is 18.7 Å². The summed E-state index contributed by atoms with van der Waals surface area (Å²) in [5, 5.41) is 12.3. The van der Waals surface area contributed by atoms with E-state index in [2.05, 4.69) is 5.32 Å². The normalized spacial score (nSPS) is 13.4. The summed E-state index contributed by atoms with van der Waals surface area (Å²) in [7, 11) is 0. The van der Waals surface area contributed by atoms with Gasteiger partial charge in [-0.3, -0.25) is 4.79 Å². The molecule has 2 aromatic carbocycles. The van der Waals surface area contributed by atoms with Gasteiger partial charge in [-0.2, -0.15) is 0 Å². The number of carbonyl (C=O) groups excluding carboxylic acids is 1. The van der Waals surface area contributed by atoms with E-state index in [0.29, 0.717) is 6.42 Å². The molecule has 128 valence electrons. The van der Waals surface area contributed by atoms with Gasteiger partial charge in [0.25, 0.3) is 5.91 Å². The number of carbonyl (C=O) groups is 1. The zero-order valence-corrected chi connectivity index (χ0v) is 13.7. The second-order valence-corrected chi connectivity index (χ2v) is 5.98. The fourth-order valence-electron chi connectivity index (χ4n) is 2.61. The van der Waals surface area contributed by atoms with E-state index in [0.717, 1.165) is 17.7 Å². The average Bonchev–Trinajstić information content (AvgIpc) is 2.55. The number of hydrogen-bond donors (Lipinski definition) is 2. The molecule has 2 aromatic rings. The second kappa shape index (κ2) is 8.02. The van der Waals surface area contributed by atoms with E-state index in [9.17, 15) is 18.7 Å². The lowest BCUT2D eigenvalue weighted by molar-refractivity contribution is 0.0941. The summed E-state index contributed by atoms with van der Waals surface area (Å²) >= 11 is 0. The van der Waals surface area contributed by atoms with Crippen LogP contribution in [0.15, 0.2) is 42.5 Å². The largest absolute Gasteiger partial charge is 0.393 e. The number of aryl methyl sites for hydroxylation is 1. The fraction of sp³-hybridized carbons (Fsp3) is 0.316. The van der Waals surface area contributed by atoms with Crippen molar-refractivity contribution in [3.63, 3.8) is 0 Å². The first-order chi connectivity index (χ1) is 11.4. The number of halogens is 2. The Bertz CT molecular complexity index is 702. The minimum Gasteiger partial charge on any atom is -0.393 e. The average molecular weight is 333 g/mol. The summed E-state index contributed by atoms with van der Waals surface area (Å²) in [6.07, 6.45) is -0.0876. The van der Waals surface area contributed by atoms with Crippen molar-refractivity contribution in [2.45, 2.75) is 32.3 Å². The number of aliphatic hydroxyl groups is 1. The van der Waals surface area contributed by atoms with Crippen molar-refractivity contribution in [1.29, 1.82) is 0 Å². The fourth-order valence-corrected chi connectivity index (χ4v) is 2.61. The van der Waals surface area contributed by atoms with E-state index in [1.165, 1.54) is 6.92 Å². The minimum atomic E-state index is -0.752. The number of benzene rings is 2. The van der Waals surface area contributed by atoms with Gasteiger partial charge in [0.2, 0.25) is 0 Å². The van der Waals surface area contributed by atoms with E-state index in [4.69, 9.17) is 0 Å². The van der Waals surface area contributed by atoms with Crippen molar-refractivity contribution in [3.05, 3.63) is 70.8 Å². The topological polar surface area (TPSA) is 49.3 Å². The van der Waals surface area contributed by atoms with Crippen LogP contribution in [0.5, 0.6) is 0 Å². The minimum absolute atomic E-state index is 0.117. The van der Waals surface area contributed by atoms with E-state index in [-0.39, 0.29) is 23.6 Å². The third kappa shape index (κ3) is 4.61. The molecule has 0 aromatic heterocycles. The molecule has 0 fully saturated rings. The Balaban J connectivity index is 2.11. The standard InChI is InChI=1S/C19H21F2NO2/c1-12-8-18(21)16(10-17(12)20)19(24)22-11-15(9-13(2)23)14-6-4-3-5-7-14/h3-8,10,13,15,23H,9,11H2,1-2H3,(H,22,24). The SMILES string of the molecule is Cc1cc(F)c(C(=O)NCC(CC(C)O)c2ccccc2)cc1F. The molecule has 0 aliphatic heterocycles. The Morgan fingerprint density at radius 1 is 1.17 bits per heavy atom. The van der Waals surface area contributed by atoms with Crippen LogP contribution < -0.4 is 5.32 Å². The van der Waals surface area contributed by atoms with Gasteiger partial charge in [-0.05, 0) is 43.5 Å².